The van der Waals surface area contributed by atoms with Crippen LogP contribution in [0.25, 0.3) is 0 Å². The molecular weight excluding hydrogens is 248 g/mol. The minimum atomic E-state index is -0.0424. The summed E-state index contributed by atoms with van der Waals surface area (Å²) in [6.07, 6.45) is 2.54. The SMILES string of the molecule is COCCN(CCC(=O)NCC1CCCO1)C(C)=O. The molecule has 0 aromatic carbocycles. The predicted octanol–water partition coefficient (Wildman–Crippen LogP) is 0.167. The zero-order chi connectivity index (χ0) is 14.1. The lowest BCUT2D eigenvalue weighted by molar-refractivity contribution is -0.130. The van der Waals surface area contributed by atoms with Gasteiger partial charge in [-0.3, -0.25) is 9.59 Å². The maximum Gasteiger partial charge on any atom is 0.221 e. The predicted molar refractivity (Wildman–Crippen MR) is 70.7 cm³/mol. The molecule has 6 nitrogen and oxygen atoms in total. The number of methoxy groups -OCH3 is 1. The minimum Gasteiger partial charge on any atom is -0.383 e. The molecule has 1 N–H and O–H groups in total. The maximum absolute atomic E-state index is 11.7. The van der Waals surface area contributed by atoms with Gasteiger partial charge in [-0.2, -0.15) is 0 Å². The lowest BCUT2D eigenvalue weighted by Crippen LogP contribution is -2.37. The molecule has 0 aromatic rings. The van der Waals surface area contributed by atoms with Crippen molar-refractivity contribution >= 4 is 11.8 Å². The number of carbonyl (C=O) groups is 2. The molecule has 1 heterocycles. The minimum absolute atomic E-state index is 0.0380. The van der Waals surface area contributed by atoms with Crippen LogP contribution in [0.3, 0.4) is 0 Å². The fourth-order valence-corrected chi connectivity index (χ4v) is 1.99. The molecule has 0 bridgehead atoms. The number of hydrogen-bond donors (Lipinski definition) is 1. The van der Waals surface area contributed by atoms with E-state index in [0.29, 0.717) is 32.7 Å². The third-order valence-electron chi connectivity index (χ3n) is 3.17. The Morgan fingerprint density at radius 2 is 2.21 bits per heavy atom. The van der Waals surface area contributed by atoms with Crippen LogP contribution in [-0.4, -0.2) is 62.8 Å². The van der Waals surface area contributed by atoms with Crippen molar-refractivity contribution in [1.82, 2.24) is 10.2 Å². The highest BCUT2D eigenvalue weighted by atomic mass is 16.5. The fourth-order valence-electron chi connectivity index (χ4n) is 1.99. The van der Waals surface area contributed by atoms with Crippen molar-refractivity contribution in [2.75, 3.05) is 40.0 Å². The highest BCUT2D eigenvalue weighted by Gasteiger charge is 2.16. The van der Waals surface area contributed by atoms with E-state index >= 15 is 0 Å². The molecule has 110 valence electrons. The molecule has 6 heteroatoms. The van der Waals surface area contributed by atoms with Gasteiger partial charge in [-0.05, 0) is 12.8 Å². The van der Waals surface area contributed by atoms with Crippen LogP contribution < -0.4 is 5.32 Å². The summed E-state index contributed by atoms with van der Waals surface area (Å²) in [7, 11) is 1.59. The van der Waals surface area contributed by atoms with Gasteiger partial charge in [-0.1, -0.05) is 0 Å². The summed E-state index contributed by atoms with van der Waals surface area (Å²) in [6.45, 7) is 4.28. The van der Waals surface area contributed by atoms with Gasteiger partial charge >= 0.3 is 0 Å². The van der Waals surface area contributed by atoms with E-state index in [1.807, 2.05) is 0 Å². The molecule has 0 aromatic heterocycles. The second kappa shape index (κ2) is 8.87. The molecule has 1 fully saturated rings. The summed E-state index contributed by atoms with van der Waals surface area (Å²) < 4.78 is 10.4. The summed E-state index contributed by atoms with van der Waals surface area (Å²) in [6, 6.07) is 0. The molecule has 1 aliphatic rings. The second-order valence-electron chi connectivity index (χ2n) is 4.69. The largest absolute Gasteiger partial charge is 0.383 e. The van der Waals surface area contributed by atoms with Gasteiger partial charge < -0.3 is 19.7 Å². The lowest BCUT2D eigenvalue weighted by Gasteiger charge is -2.20. The van der Waals surface area contributed by atoms with Crippen molar-refractivity contribution in [3.8, 4) is 0 Å². The van der Waals surface area contributed by atoms with Crippen LogP contribution in [0, 0.1) is 0 Å². The van der Waals surface area contributed by atoms with Gasteiger partial charge in [0.2, 0.25) is 11.8 Å². The number of rotatable bonds is 8. The Balaban J connectivity index is 2.17. The molecule has 19 heavy (non-hydrogen) atoms. The summed E-state index contributed by atoms with van der Waals surface area (Å²) in [5.74, 6) is -0.0804. The highest BCUT2D eigenvalue weighted by molar-refractivity contribution is 5.78. The summed E-state index contributed by atoms with van der Waals surface area (Å²) >= 11 is 0. The molecule has 1 aliphatic heterocycles. The van der Waals surface area contributed by atoms with E-state index < -0.39 is 0 Å². The molecule has 2 amide bonds. The summed E-state index contributed by atoms with van der Waals surface area (Å²) in [5, 5.41) is 2.84. The molecule has 1 rings (SSSR count). The quantitative estimate of drug-likeness (QED) is 0.684. The standard InChI is InChI=1S/C13H24N2O4/c1-11(16)15(7-9-18-2)6-5-13(17)14-10-12-4-3-8-19-12/h12H,3-10H2,1-2H3,(H,14,17). The number of nitrogens with one attached hydrogen (secondary N) is 1. The third-order valence-corrected chi connectivity index (χ3v) is 3.17. The van der Waals surface area contributed by atoms with Crippen molar-refractivity contribution in [3.63, 3.8) is 0 Å². The first-order valence-electron chi connectivity index (χ1n) is 6.76. The van der Waals surface area contributed by atoms with E-state index in [1.54, 1.807) is 12.0 Å². The van der Waals surface area contributed by atoms with E-state index in [2.05, 4.69) is 5.32 Å². The van der Waals surface area contributed by atoms with Crippen molar-refractivity contribution in [2.45, 2.75) is 32.3 Å². The molecule has 1 unspecified atom stereocenters. The van der Waals surface area contributed by atoms with Crippen LogP contribution in [0.1, 0.15) is 26.2 Å². The van der Waals surface area contributed by atoms with Crippen LogP contribution in [0.4, 0.5) is 0 Å². The Morgan fingerprint density at radius 1 is 1.42 bits per heavy atom. The monoisotopic (exact) mass is 272 g/mol. The Bertz CT molecular complexity index is 290. The van der Waals surface area contributed by atoms with Gasteiger partial charge in [0.15, 0.2) is 0 Å². The number of nitrogens with zero attached hydrogens (tertiary/aromatic N) is 1. The molecule has 1 saturated heterocycles. The molecule has 0 radical (unpaired) electrons. The summed E-state index contributed by atoms with van der Waals surface area (Å²) in [4.78, 5) is 24.6. The second-order valence-corrected chi connectivity index (χ2v) is 4.69. The van der Waals surface area contributed by atoms with Gasteiger partial charge in [0, 0.05) is 46.7 Å². The average molecular weight is 272 g/mol. The van der Waals surface area contributed by atoms with Crippen molar-refractivity contribution in [1.29, 1.82) is 0 Å². The topological polar surface area (TPSA) is 67.9 Å². The van der Waals surface area contributed by atoms with Crippen molar-refractivity contribution in [3.05, 3.63) is 0 Å². The first-order valence-corrected chi connectivity index (χ1v) is 6.76. The Kier molecular flexibility index (Phi) is 7.43. The highest BCUT2D eigenvalue weighted by Crippen LogP contribution is 2.10. The number of carbonyl (C=O) groups excluding carboxylic acids is 2. The normalized spacial score (nSPS) is 18.3. The lowest BCUT2D eigenvalue weighted by atomic mass is 10.2. The van der Waals surface area contributed by atoms with Crippen LogP contribution in [0.15, 0.2) is 0 Å². The summed E-state index contributed by atoms with van der Waals surface area (Å²) in [5.41, 5.74) is 0. The Labute approximate surface area is 114 Å². The van der Waals surface area contributed by atoms with Gasteiger partial charge in [0.1, 0.15) is 0 Å². The zero-order valence-corrected chi connectivity index (χ0v) is 11.8. The van der Waals surface area contributed by atoms with Gasteiger partial charge in [-0.15, -0.1) is 0 Å². The number of amides is 2. The van der Waals surface area contributed by atoms with E-state index in [4.69, 9.17) is 9.47 Å². The first-order chi connectivity index (χ1) is 9.13. The molecule has 1 atom stereocenters. The van der Waals surface area contributed by atoms with Crippen LogP contribution in [-0.2, 0) is 19.1 Å². The van der Waals surface area contributed by atoms with Crippen LogP contribution in [0.5, 0.6) is 0 Å². The molecule has 0 aliphatic carbocycles. The maximum atomic E-state index is 11.7. The Morgan fingerprint density at radius 3 is 2.79 bits per heavy atom. The Hall–Kier alpha value is -1.14. The number of ether oxygens (including phenoxy) is 2. The van der Waals surface area contributed by atoms with E-state index in [9.17, 15) is 9.59 Å². The van der Waals surface area contributed by atoms with E-state index in [-0.39, 0.29) is 17.9 Å². The fraction of sp³-hybridized carbons (Fsp3) is 0.846. The van der Waals surface area contributed by atoms with E-state index in [0.717, 1.165) is 19.4 Å². The van der Waals surface area contributed by atoms with Gasteiger partial charge in [-0.25, -0.2) is 0 Å². The molecule has 0 saturated carbocycles. The smallest absolute Gasteiger partial charge is 0.221 e. The van der Waals surface area contributed by atoms with Gasteiger partial charge in [0.05, 0.1) is 12.7 Å². The average Bonchev–Trinajstić information content (AvgIpc) is 2.89. The number of hydrogen-bond acceptors (Lipinski definition) is 4. The van der Waals surface area contributed by atoms with Crippen LogP contribution in [0.2, 0.25) is 0 Å². The zero-order valence-electron chi connectivity index (χ0n) is 11.8. The molecule has 0 spiro atoms. The third kappa shape index (κ3) is 6.54. The first kappa shape index (κ1) is 15.9. The van der Waals surface area contributed by atoms with Crippen molar-refractivity contribution < 1.29 is 19.1 Å². The van der Waals surface area contributed by atoms with Crippen LogP contribution >= 0.6 is 0 Å². The van der Waals surface area contributed by atoms with E-state index in [1.165, 1.54) is 6.92 Å². The van der Waals surface area contributed by atoms with Gasteiger partial charge in [0.25, 0.3) is 0 Å². The van der Waals surface area contributed by atoms with Crippen molar-refractivity contribution in [2.24, 2.45) is 0 Å². The molecular formula is C13H24N2O4.